The third kappa shape index (κ3) is 2.79. The van der Waals surface area contributed by atoms with Crippen LogP contribution in [0.4, 0.5) is 0 Å². The number of aryl methyl sites for hydroxylation is 2. The van der Waals surface area contributed by atoms with Gasteiger partial charge < -0.3 is 0 Å². The van der Waals surface area contributed by atoms with Gasteiger partial charge in [0.1, 0.15) is 0 Å². The zero-order valence-electron chi connectivity index (χ0n) is 19.3. The van der Waals surface area contributed by atoms with Crippen molar-refractivity contribution in [3.63, 3.8) is 0 Å². The molecule has 5 rings (SSSR count). The molecule has 1 aliphatic rings. The van der Waals surface area contributed by atoms with Gasteiger partial charge >= 0.3 is 0 Å². The van der Waals surface area contributed by atoms with E-state index in [4.69, 9.17) is 4.98 Å². The lowest BCUT2D eigenvalue weighted by atomic mass is 9.67. The highest BCUT2D eigenvalue weighted by molar-refractivity contribution is 6.06. The Hall–Kier alpha value is -2.67. The molecule has 0 unspecified atom stereocenters. The maximum atomic E-state index is 4.90. The zero-order chi connectivity index (χ0) is 21.4. The summed E-state index contributed by atoms with van der Waals surface area (Å²) < 4.78 is 0. The number of fused-ring (bicyclic) bond motifs is 4. The molecule has 1 aliphatic carbocycles. The van der Waals surface area contributed by atoms with E-state index in [0.29, 0.717) is 0 Å². The molecule has 0 atom stereocenters. The summed E-state index contributed by atoms with van der Waals surface area (Å²) in [5.41, 5.74) is 9.54. The molecule has 0 amide bonds. The number of nitrogens with zero attached hydrogens (tertiary/aromatic N) is 1. The molecule has 1 nitrogen and oxygen atoms in total. The normalized spacial score (nSPS) is 14.9. The molecule has 30 heavy (non-hydrogen) atoms. The fraction of sp³-hybridized carbons (Fsp3) is 0.345. The van der Waals surface area contributed by atoms with Crippen LogP contribution in [-0.4, -0.2) is 4.98 Å². The van der Waals surface area contributed by atoms with E-state index in [1.54, 1.807) is 0 Å². The lowest BCUT2D eigenvalue weighted by Gasteiger charge is -2.36. The number of hydrogen-bond donors (Lipinski definition) is 0. The Bertz CT molecular complexity index is 1330. The molecular weight excluding hydrogens is 362 g/mol. The largest absolute Gasteiger partial charge is 0.256 e. The maximum absolute atomic E-state index is 4.90. The van der Waals surface area contributed by atoms with Crippen LogP contribution in [0.15, 0.2) is 48.7 Å². The Kier molecular flexibility index (Phi) is 3.97. The summed E-state index contributed by atoms with van der Waals surface area (Å²) in [6.45, 7) is 16.2. The van der Waals surface area contributed by atoms with E-state index in [9.17, 15) is 0 Å². The van der Waals surface area contributed by atoms with E-state index >= 15 is 0 Å². The monoisotopic (exact) mass is 393 g/mol. The first kappa shape index (κ1) is 19.3. The molecule has 0 saturated heterocycles. The number of hydrogen-bond acceptors (Lipinski definition) is 1. The van der Waals surface area contributed by atoms with Crippen LogP contribution in [0.1, 0.15) is 62.4 Å². The molecule has 152 valence electrons. The maximum Gasteiger partial charge on any atom is 0.0786 e. The molecule has 0 aliphatic heterocycles. The number of aromatic nitrogens is 1. The quantitative estimate of drug-likeness (QED) is 0.320. The first-order chi connectivity index (χ1) is 14.1. The Morgan fingerprint density at radius 3 is 2.40 bits per heavy atom. The van der Waals surface area contributed by atoms with Gasteiger partial charge in [0.25, 0.3) is 0 Å². The second-order valence-electron chi connectivity index (χ2n) is 10.9. The van der Waals surface area contributed by atoms with Crippen LogP contribution in [0.2, 0.25) is 0 Å². The fourth-order valence-corrected chi connectivity index (χ4v) is 5.60. The van der Waals surface area contributed by atoms with Crippen molar-refractivity contribution in [2.45, 2.75) is 60.3 Å². The molecule has 1 heterocycles. The first-order valence-electron chi connectivity index (χ1n) is 11.0. The van der Waals surface area contributed by atoms with Crippen molar-refractivity contribution in [3.05, 3.63) is 76.5 Å². The second kappa shape index (κ2) is 6.17. The van der Waals surface area contributed by atoms with Crippen LogP contribution >= 0.6 is 0 Å². The van der Waals surface area contributed by atoms with Crippen LogP contribution < -0.4 is 0 Å². The first-order valence-corrected chi connectivity index (χ1v) is 11.0. The van der Waals surface area contributed by atoms with Crippen molar-refractivity contribution < 1.29 is 0 Å². The second-order valence-corrected chi connectivity index (χ2v) is 10.9. The molecule has 0 bridgehead atoms. The highest BCUT2D eigenvalue weighted by atomic mass is 14.7. The fourth-order valence-electron chi connectivity index (χ4n) is 5.60. The predicted molar refractivity (Wildman–Crippen MR) is 129 cm³/mol. The van der Waals surface area contributed by atoms with Crippen molar-refractivity contribution in [2.24, 2.45) is 5.41 Å². The van der Waals surface area contributed by atoms with Gasteiger partial charge in [0, 0.05) is 22.6 Å². The Balaban J connectivity index is 1.92. The molecule has 0 fully saturated rings. The third-order valence-corrected chi connectivity index (χ3v) is 6.70. The van der Waals surface area contributed by atoms with Crippen molar-refractivity contribution in [1.82, 2.24) is 4.98 Å². The van der Waals surface area contributed by atoms with Crippen LogP contribution in [-0.2, 0) is 11.8 Å². The molecular formula is C29H31N. The van der Waals surface area contributed by atoms with Gasteiger partial charge in [-0.25, -0.2) is 0 Å². The van der Waals surface area contributed by atoms with Crippen LogP contribution in [0.5, 0.6) is 0 Å². The lowest BCUT2D eigenvalue weighted by Crippen LogP contribution is -2.25. The highest BCUT2D eigenvalue weighted by Gasteiger charge is 2.36. The smallest absolute Gasteiger partial charge is 0.0786 e. The molecule has 4 aromatic rings. The lowest BCUT2D eigenvalue weighted by molar-refractivity contribution is 0.411. The molecule has 0 N–H and O–H groups in total. The van der Waals surface area contributed by atoms with Gasteiger partial charge in [0.15, 0.2) is 0 Å². The van der Waals surface area contributed by atoms with E-state index in [1.807, 2.05) is 6.20 Å². The van der Waals surface area contributed by atoms with Gasteiger partial charge in [0.2, 0.25) is 0 Å². The SMILES string of the molecule is Cc1cc(C)c2ccc3c(c2c1)C(C)(C)c1cc(CC(C)(C)C)cc2ccnc-3c12. The minimum absolute atomic E-state index is 0.0861. The van der Waals surface area contributed by atoms with Gasteiger partial charge in [-0.05, 0) is 70.2 Å². The van der Waals surface area contributed by atoms with E-state index in [2.05, 4.69) is 90.9 Å². The van der Waals surface area contributed by atoms with E-state index in [1.165, 1.54) is 54.9 Å². The van der Waals surface area contributed by atoms with E-state index in [0.717, 1.165) is 12.1 Å². The summed E-state index contributed by atoms with van der Waals surface area (Å²) in [4.78, 5) is 4.90. The Labute approximate surface area is 180 Å². The molecule has 1 heteroatoms. The van der Waals surface area contributed by atoms with Crippen molar-refractivity contribution >= 4 is 21.5 Å². The van der Waals surface area contributed by atoms with E-state index < -0.39 is 0 Å². The molecule has 0 saturated carbocycles. The van der Waals surface area contributed by atoms with Gasteiger partial charge in [-0.1, -0.05) is 76.6 Å². The average molecular weight is 394 g/mol. The number of rotatable bonds is 1. The van der Waals surface area contributed by atoms with Gasteiger partial charge in [0.05, 0.1) is 5.69 Å². The summed E-state index contributed by atoms with van der Waals surface area (Å²) >= 11 is 0. The van der Waals surface area contributed by atoms with Gasteiger partial charge in [-0.15, -0.1) is 0 Å². The topological polar surface area (TPSA) is 12.9 Å². The third-order valence-electron chi connectivity index (χ3n) is 6.70. The molecule has 0 radical (unpaired) electrons. The summed E-state index contributed by atoms with van der Waals surface area (Å²) in [5, 5.41) is 5.38. The molecule has 0 spiro atoms. The molecule has 3 aromatic carbocycles. The Morgan fingerprint density at radius 2 is 1.67 bits per heavy atom. The minimum atomic E-state index is -0.0861. The van der Waals surface area contributed by atoms with Crippen molar-refractivity contribution in [1.29, 1.82) is 0 Å². The van der Waals surface area contributed by atoms with Crippen LogP contribution in [0.3, 0.4) is 0 Å². The predicted octanol–water partition coefficient (Wildman–Crippen LogP) is 7.90. The van der Waals surface area contributed by atoms with Crippen molar-refractivity contribution in [2.75, 3.05) is 0 Å². The number of pyridine rings is 1. The Morgan fingerprint density at radius 1 is 0.900 bits per heavy atom. The average Bonchev–Trinajstić information content (AvgIpc) is 2.63. The number of benzene rings is 3. The minimum Gasteiger partial charge on any atom is -0.256 e. The summed E-state index contributed by atoms with van der Waals surface area (Å²) in [6.07, 6.45) is 3.06. The van der Waals surface area contributed by atoms with Crippen LogP contribution in [0, 0.1) is 19.3 Å². The van der Waals surface area contributed by atoms with Gasteiger partial charge in [-0.2, -0.15) is 0 Å². The summed E-state index contributed by atoms with van der Waals surface area (Å²) in [6, 6.07) is 16.3. The highest BCUT2D eigenvalue weighted by Crippen LogP contribution is 2.51. The molecule has 1 aromatic heterocycles. The van der Waals surface area contributed by atoms with Gasteiger partial charge in [-0.3, -0.25) is 4.98 Å². The summed E-state index contributed by atoms with van der Waals surface area (Å²) in [5.74, 6) is 0. The van der Waals surface area contributed by atoms with Crippen LogP contribution in [0.25, 0.3) is 32.8 Å². The zero-order valence-corrected chi connectivity index (χ0v) is 19.3. The van der Waals surface area contributed by atoms with Crippen molar-refractivity contribution in [3.8, 4) is 11.3 Å². The summed E-state index contributed by atoms with van der Waals surface area (Å²) in [7, 11) is 0. The standard InChI is InChI=1S/C29H31N/c1-17-12-18(2)21-8-9-22-26(23(21)13-17)29(6,7)24-15-19(16-28(3,4)5)14-20-10-11-30-27(22)25(20)24/h8-15H,16H2,1-7H3. The van der Waals surface area contributed by atoms with E-state index in [-0.39, 0.29) is 10.8 Å².